The van der Waals surface area contributed by atoms with Crippen LogP contribution in [0, 0.1) is 5.92 Å². The van der Waals surface area contributed by atoms with E-state index in [2.05, 4.69) is 23.5 Å². The predicted molar refractivity (Wildman–Crippen MR) is 88.6 cm³/mol. The summed E-state index contributed by atoms with van der Waals surface area (Å²) in [5, 5.41) is 13.7. The number of hydrogen-bond donors (Lipinski definition) is 2. The number of aliphatic hydroxyl groups is 1. The van der Waals surface area contributed by atoms with Crippen LogP contribution in [0.15, 0.2) is 24.3 Å². The number of hydrogen-bond acceptors (Lipinski definition) is 4. The van der Waals surface area contributed by atoms with Gasteiger partial charge in [0.1, 0.15) is 11.4 Å². The van der Waals surface area contributed by atoms with Crippen LogP contribution in [0.4, 0.5) is 0 Å². The maximum atomic E-state index is 10.1. The van der Waals surface area contributed by atoms with Gasteiger partial charge in [-0.25, -0.2) is 0 Å². The Labute approximate surface area is 138 Å². The third-order valence-corrected chi connectivity index (χ3v) is 5.42. The van der Waals surface area contributed by atoms with Gasteiger partial charge in [0, 0.05) is 31.2 Å². The molecule has 1 spiro atoms. The lowest BCUT2D eigenvalue weighted by Gasteiger charge is -2.48. The first-order valence-corrected chi connectivity index (χ1v) is 9.01. The van der Waals surface area contributed by atoms with Crippen LogP contribution in [-0.4, -0.2) is 36.6 Å². The molecule has 2 unspecified atom stereocenters. The van der Waals surface area contributed by atoms with Gasteiger partial charge < -0.3 is 19.9 Å². The van der Waals surface area contributed by atoms with Crippen molar-refractivity contribution in [1.29, 1.82) is 0 Å². The molecule has 23 heavy (non-hydrogen) atoms. The van der Waals surface area contributed by atoms with E-state index in [1.165, 1.54) is 24.8 Å². The molecule has 0 saturated heterocycles. The number of para-hydroxylation sites is 1. The molecule has 2 atom stereocenters. The van der Waals surface area contributed by atoms with Crippen LogP contribution in [0.1, 0.15) is 50.1 Å². The summed E-state index contributed by atoms with van der Waals surface area (Å²) in [5.74, 6) is 1.76. The van der Waals surface area contributed by atoms with E-state index in [4.69, 9.17) is 9.47 Å². The average molecular weight is 317 g/mol. The Balaban J connectivity index is 1.33. The highest BCUT2D eigenvalue weighted by Crippen LogP contribution is 2.48. The molecule has 2 aliphatic carbocycles. The van der Waals surface area contributed by atoms with E-state index in [0.29, 0.717) is 13.2 Å². The zero-order valence-electron chi connectivity index (χ0n) is 13.7. The molecule has 0 bridgehead atoms. The summed E-state index contributed by atoms with van der Waals surface area (Å²) in [6.07, 6.45) is 6.68. The average Bonchev–Trinajstić information content (AvgIpc) is 3.35. The van der Waals surface area contributed by atoms with Crippen molar-refractivity contribution >= 4 is 0 Å². The number of fused-ring (bicyclic) bond motifs is 1. The minimum atomic E-state index is -0.443. The zero-order chi connectivity index (χ0) is 15.7. The van der Waals surface area contributed by atoms with Crippen molar-refractivity contribution in [3.63, 3.8) is 0 Å². The Bertz CT molecular complexity index is 539. The van der Waals surface area contributed by atoms with E-state index in [9.17, 15) is 5.11 Å². The number of aliphatic hydroxyl groups excluding tert-OH is 1. The molecule has 2 saturated carbocycles. The summed E-state index contributed by atoms with van der Waals surface area (Å²) in [7, 11) is 0. The summed E-state index contributed by atoms with van der Waals surface area (Å²) in [5.41, 5.74) is 1.25. The van der Waals surface area contributed by atoms with Gasteiger partial charge in [-0.2, -0.15) is 0 Å². The first-order chi connectivity index (χ1) is 11.2. The van der Waals surface area contributed by atoms with Gasteiger partial charge >= 0.3 is 0 Å². The molecule has 4 heteroatoms. The number of rotatable bonds is 7. The first kappa shape index (κ1) is 15.4. The summed E-state index contributed by atoms with van der Waals surface area (Å²) < 4.78 is 11.9. The van der Waals surface area contributed by atoms with Gasteiger partial charge in [-0.05, 0) is 44.1 Å². The highest BCUT2D eigenvalue weighted by molar-refractivity contribution is 5.39. The monoisotopic (exact) mass is 317 g/mol. The molecule has 2 N–H and O–H groups in total. The van der Waals surface area contributed by atoms with Crippen molar-refractivity contribution in [2.24, 2.45) is 5.92 Å². The molecule has 3 aliphatic rings. The molecule has 1 heterocycles. The third-order valence-electron chi connectivity index (χ3n) is 5.42. The van der Waals surface area contributed by atoms with E-state index in [1.807, 2.05) is 6.07 Å². The van der Waals surface area contributed by atoms with Gasteiger partial charge in [0.05, 0.1) is 12.7 Å². The maximum absolute atomic E-state index is 10.1. The van der Waals surface area contributed by atoms with Crippen molar-refractivity contribution in [3.05, 3.63) is 29.8 Å². The van der Waals surface area contributed by atoms with Gasteiger partial charge in [-0.15, -0.1) is 0 Å². The Morgan fingerprint density at radius 2 is 2.13 bits per heavy atom. The fourth-order valence-corrected chi connectivity index (χ4v) is 3.67. The maximum Gasteiger partial charge on any atom is 0.124 e. The van der Waals surface area contributed by atoms with Crippen molar-refractivity contribution in [3.8, 4) is 5.75 Å². The molecule has 4 nitrogen and oxygen atoms in total. The molecule has 0 radical (unpaired) electrons. The van der Waals surface area contributed by atoms with Crippen molar-refractivity contribution in [2.45, 2.75) is 56.3 Å². The fraction of sp³-hybridized carbons (Fsp3) is 0.684. The lowest BCUT2D eigenvalue weighted by atomic mass is 9.73. The molecule has 2 fully saturated rings. The molecule has 1 aliphatic heterocycles. The van der Waals surface area contributed by atoms with Crippen LogP contribution >= 0.6 is 0 Å². The van der Waals surface area contributed by atoms with Crippen molar-refractivity contribution in [1.82, 2.24) is 5.32 Å². The number of benzene rings is 1. The SMILES string of the molecule is OC(CNC1CC2(CCC2)Oc2ccccc21)COCC1CC1. The standard InChI is InChI=1S/C19H27NO3/c21-15(13-22-12-14-6-7-14)11-20-17-10-19(8-3-9-19)23-18-5-2-1-4-16(17)18/h1-2,4-5,14-15,17,20-21H,3,6-13H2. The second kappa shape index (κ2) is 6.42. The molecule has 1 aromatic rings. The summed E-state index contributed by atoms with van der Waals surface area (Å²) >= 11 is 0. The van der Waals surface area contributed by atoms with E-state index < -0.39 is 6.10 Å². The lowest BCUT2D eigenvalue weighted by Crippen LogP contribution is -2.49. The second-order valence-corrected chi connectivity index (χ2v) is 7.48. The van der Waals surface area contributed by atoms with Gasteiger partial charge in [0.15, 0.2) is 0 Å². The van der Waals surface area contributed by atoms with Gasteiger partial charge in [0.25, 0.3) is 0 Å². The highest BCUT2D eigenvalue weighted by Gasteiger charge is 2.45. The Morgan fingerprint density at radius 3 is 2.87 bits per heavy atom. The Kier molecular flexibility index (Phi) is 4.31. The van der Waals surface area contributed by atoms with Crippen LogP contribution in [-0.2, 0) is 4.74 Å². The topological polar surface area (TPSA) is 50.7 Å². The minimum Gasteiger partial charge on any atom is -0.487 e. The summed E-state index contributed by atoms with van der Waals surface area (Å²) in [4.78, 5) is 0. The smallest absolute Gasteiger partial charge is 0.124 e. The molecular formula is C19H27NO3. The lowest BCUT2D eigenvalue weighted by molar-refractivity contribution is -0.0391. The van der Waals surface area contributed by atoms with Gasteiger partial charge in [0.2, 0.25) is 0 Å². The normalized spacial score (nSPS) is 26.2. The quantitative estimate of drug-likeness (QED) is 0.812. The summed E-state index contributed by atoms with van der Waals surface area (Å²) in [6.45, 7) is 1.81. The third kappa shape index (κ3) is 3.54. The molecule has 0 amide bonds. The predicted octanol–water partition coefficient (Wildman–Crippen LogP) is 2.81. The molecule has 126 valence electrons. The van der Waals surface area contributed by atoms with Gasteiger partial charge in [-0.1, -0.05) is 18.2 Å². The molecule has 0 aromatic heterocycles. The first-order valence-electron chi connectivity index (χ1n) is 9.01. The van der Waals surface area contributed by atoms with Crippen LogP contribution in [0.3, 0.4) is 0 Å². The molecule has 4 rings (SSSR count). The number of ether oxygens (including phenoxy) is 2. The Hall–Kier alpha value is -1.10. The van der Waals surface area contributed by atoms with E-state index in [0.717, 1.165) is 37.5 Å². The van der Waals surface area contributed by atoms with Crippen molar-refractivity contribution < 1.29 is 14.6 Å². The molecule has 1 aromatic carbocycles. The van der Waals surface area contributed by atoms with E-state index in [1.54, 1.807) is 0 Å². The molecular weight excluding hydrogens is 290 g/mol. The minimum absolute atomic E-state index is 0.0272. The van der Waals surface area contributed by atoms with Gasteiger partial charge in [-0.3, -0.25) is 0 Å². The van der Waals surface area contributed by atoms with Crippen LogP contribution in [0.25, 0.3) is 0 Å². The van der Waals surface area contributed by atoms with Crippen molar-refractivity contribution in [2.75, 3.05) is 19.8 Å². The highest BCUT2D eigenvalue weighted by atomic mass is 16.5. The van der Waals surface area contributed by atoms with Crippen LogP contribution in [0.2, 0.25) is 0 Å². The Morgan fingerprint density at radius 1 is 1.30 bits per heavy atom. The van der Waals surface area contributed by atoms with E-state index >= 15 is 0 Å². The van der Waals surface area contributed by atoms with Crippen LogP contribution < -0.4 is 10.1 Å². The summed E-state index contributed by atoms with van der Waals surface area (Å²) in [6, 6.07) is 8.56. The zero-order valence-corrected chi connectivity index (χ0v) is 13.7. The fourth-order valence-electron chi connectivity index (χ4n) is 3.67. The number of nitrogens with one attached hydrogen (secondary N) is 1. The second-order valence-electron chi connectivity index (χ2n) is 7.48. The van der Waals surface area contributed by atoms with Crippen LogP contribution in [0.5, 0.6) is 5.75 Å². The largest absolute Gasteiger partial charge is 0.487 e. The van der Waals surface area contributed by atoms with E-state index in [-0.39, 0.29) is 11.6 Å².